The first-order valence-electron chi connectivity index (χ1n) is 12.3. The van der Waals surface area contributed by atoms with Gasteiger partial charge in [-0.15, -0.1) is 0 Å². The molecule has 7 atom stereocenters. The number of fused-ring (bicyclic) bond motifs is 1. The average Bonchev–Trinajstić information content (AvgIpc) is 3.34. The first kappa shape index (κ1) is 28.9. The molecule has 0 bridgehead atoms. The minimum atomic E-state index is -1.63. The number of methoxy groups -OCH3 is 3. The van der Waals surface area contributed by atoms with Crippen LogP contribution in [-0.4, -0.2) is 102 Å². The Labute approximate surface area is 225 Å². The van der Waals surface area contributed by atoms with Crippen LogP contribution in [0.2, 0.25) is 0 Å². The summed E-state index contributed by atoms with van der Waals surface area (Å²) in [5.41, 5.74) is 1.96. The summed E-state index contributed by atoms with van der Waals surface area (Å²) in [5.74, 6) is 0.909. The minimum Gasteiger partial charge on any atom is -0.496 e. The maximum absolute atomic E-state index is 10.4. The van der Waals surface area contributed by atoms with Crippen LogP contribution in [0.5, 0.6) is 28.7 Å². The average molecular weight is 551 g/mol. The van der Waals surface area contributed by atoms with Crippen molar-refractivity contribution in [3.63, 3.8) is 0 Å². The molecule has 4 rings (SSSR count). The third kappa shape index (κ3) is 5.37. The molecular formula is C27H34O12. The highest BCUT2D eigenvalue weighted by atomic mass is 16.7. The van der Waals surface area contributed by atoms with Gasteiger partial charge in [-0.25, -0.2) is 0 Å². The van der Waals surface area contributed by atoms with Crippen LogP contribution in [0.1, 0.15) is 28.7 Å². The van der Waals surface area contributed by atoms with Gasteiger partial charge in [0, 0.05) is 16.7 Å². The molecule has 0 aliphatic carbocycles. The molecule has 214 valence electrons. The zero-order valence-corrected chi connectivity index (χ0v) is 21.8. The van der Waals surface area contributed by atoms with Gasteiger partial charge in [-0.3, -0.25) is 0 Å². The molecular weight excluding hydrogens is 516 g/mol. The Bertz CT molecular complexity index is 1140. The Morgan fingerprint density at radius 2 is 1.54 bits per heavy atom. The van der Waals surface area contributed by atoms with Crippen LogP contribution >= 0.6 is 0 Å². The number of aliphatic hydroxyl groups excluding tert-OH is 6. The van der Waals surface area contributed by atoms with E-state index in [1.165, 1.54) is 21.3 Å². The number of rotatable bonds is 10. The standard InChI is InChI=1S/C27H34O12/c1-34-17-9-14(10-18(35-2)26(17)39-27-23(33)22(32)21(31)19(12-30)38-27)24-15(11-29)20-16(37-24)7-6-13(5-4-8-28)25(20)36-3/h4-7,9-10,15,19,21-24,27-33H,8,11-12H2,1-3H3. The van der Waals surface area contributed by atoms with Crippen molar-refractivity contribution in [2.75, 3.05) is 41.2 Å². The molecule has 1 saturated heterocycles. The molecule has 6 N–H and O–H groups in total. The molecule has 0 aromatic heterocycles. The van der Waals surface area contributed by atoms with Gasteiger partial charge in [-0.2, -0.15) is 0 Å². The van der Waals surface area contributed by atoms with Crippen molar-refractivity contribution >= 4 is 6.08 Å². The number of ether oxygens (including phenoxy) is 6. The number of hydrogen-bond donors (Lipinski definition) is 6. The van der Waals surface area contributed by atoms with Gasteiger partial charge < -0.3 is 59.1 Å². The second-order valence-electron chi connectivity index (χ2n) is 9.08. The quantitative estimate of drug-likeness (QED) is 0.236. The summed E-state index contributed by atoms with van der Waals surface area (Å²) in [6, 6.07) is 6.81. The number of benzene rings is 2. The lowest BCUT2D eigenvalue weighted by molar-refractivity contribution is -0.277. The molecule has 12 nitrogen and oxygen atoms in total. The summed E-state index contributed by atoms with van der Waals surface area (Å²) >= 11 is 0. The molecule has 1 fully saturated rings. The van der Waals surface area contributed by atoms with Crippen LogP contribution in [0, 0.1) is 0 Å². The van der Waals surface area contributed by atoms with Gasteiger partial charge in [0.25, 0.3) is 0 Å². The van der Waals surface area contributed by atoms with Crippen molar-refractivity contribution in [3.8, 4) is 28.7 Å². The zero-order chi connectivity index (χ0) is 28.3. The Kier molecular flexibility index (Phi) is 9.18. The van der Waals surface area contributed by atoms with Crippen LogP contribution in [0.15, 0.2) is 30.3 Å². The maximum Gasteiger partial charge on any atom is 0.229 e. The fraction of sp³-hybridized carbons (Fsp3) is 0.481. The van der Waals surface area contributed by atoms with E-state index >= 15 is 0 Å². The summed E-state index contributed by atoms with van der Waals surface area (Å²) in [7, 11) is 4.31. The molecule has 12 heteroatoms. The topological polar surface area (TPSA) is 177 Å². The van der Waals surface area contributed by atoms with Crippen molar-refractivity contribution in [1.82, 2.24) is 0 Å². The van der Waals surface area contributed by atoms with Crippen molar-refractivity contribution in [3.05, 3.63) is 47.0 Å². The lowest BCUT2D eigenvalue weighted by Gasteiger charge is -2.39. The van der Waals surface area contributed by atoms with E-state index in [0.29, 0.717) is 28.2 Å². The van der Waals surface area contributed by atoms with E-state index < -0.39 is 49.3 Å². The smallest absolute Gasteiger partial charge is 0.229 e. The highest BCUT2D eigenvalue weighted by molar-refractivity contribution is 5.66. The molecule has 2 aliphatic rings. The number of hydrogen-bond acceptors (Lipinski definition) is 12. The van der Waals surface area contributed by atoms with Crippen molar-refractivity contribution in [1.29, 1.82) is 0 Å². The summed E-state index contributed by atoms with van der Waals surface area (Å²) < 4.78 is 34.3. The predicted octanol–water partition coefficient (Wildman–Crippen LogP) is 0.106. The largest absolute Gasteiger partial charge is 0.496 e. The Morgan fingerprint density at radius 3 is 2.10 bits per heavy atom. The van der Waals surface area contributed by atoms with Crippen LogP contribution in [-0.2, 0) is 4.74 Å². The zero-order valence-electron chi connectivity index (χ0n) is 21.8. The van der Waals surface area contributed by atoms with E-state index in [0.717, 1.165) is 0 Å². The molecule has 0 amide bonds. The Balaban J connectivity index is 1.70. The molecule has 2 heterocycles. The van der Waals surface area contributed by atoms with Crippen LogP contribution in [0.25, 0.3) is 6.08 Å². The lowest BCUT2D eigenvalue weighted by Crippen LogP contribution is -2.60. The molecule has 7 unspecified atom stereocenters. The summed E-state index contributed by atoms with van der Waals surface area (Å²) in [6.45, 7) is -1.02. The van der Waals surface area contributed by atoms with E-state index in [2.05, 4.69) is 0 Å². The highest BCUT2D eigenvalue weighted by Gasteiger charge is 2.45. The van der Waals surface area contributed by atoms with Crippen LogP contribution in [0.3, 0.4) is 0 Å². The SMILES string of the molecule is COc1cc(C2Oc3ccc(C=CCO)c(OC)c3C2CO)cc(OC)c1OC1OC(CO)C(O)C(O)C1O. The van der Waals surface area contributed by atoms with Crippen LogP contribution < -0.4 is 23.7 Å². The normalized spacial score (nSPS) is 28.2. The van der Waals surface area contributed by atoms with Crippen molar-refractivity contribution < 1.29 is 59.1 Å². The van der Waals surface area contributed by atoms with E-state index in [-0.39, 0.29) is 30.5 Å². The summed E-state index contributed by atoms with van der Waals surface area (Å²) in [6.07, 6.45) is -4.78. The lowest BCUT2D eigenvalue weighted by atomic mass is 9.89. The summed E-state index contributed by atoms with van der Waals surface area (Å²) in [4.78, 5) is 0. The molecule has 39 heavy (non-hydrogen) atoms. The summed E-state index contributed by atoms with van der Waals surface area (Å²) in [5, 5.41) is 59.7. The van der Waals surface area contributed by atoms with E-state index in [1.54, 1.807) is 36.4 Å². The van der Waals surface area contributed by atoms with Gasteiger partial charge in [0.05, 0.1) is 47.1 Å². The van der Waals surface area contributed by atoms with Gasteiger partial charge in [-0.05, 0) is 24.3 Å². The van der Waals surface area contributed by atoms with Gasteiger partial charge in [0.1, 0.15) is 42.0 Å². The second-order valence-corrected chi connectivity index (χ2v) is 9.08. The maximum atomic E-state index is 10.4. The minimum absolute atomic E-state index is 0.0400. The number of aliphatic hydroxyl groups is 6. The molecule has 2 aromatic carbocycles. The van der Waals surface area contributed by atoms with Crippen LogP contribution in [0.4, 0.5) is 0 Å². The Hall–Kier alpha value is -3.10. The second kappa shape index (κ2) is 12.4. The van der Waals surface area contributed by atoms with E-state index in [9.17, 15) is 30.6 Å². The van der Waals surface area contributed by atoms with Crippen molar-refractivity contribution in [2.24, 2.45) is 0 Å². The predicted molar refractivity (Wildman–Crippen MR) is 136 cm³/mol. The molecule has 2 aromatic rings. The molecule has 2 aliphatic heterocycles. The van der Waals surface area contributed by atoms with Gasteiger partial charge in [0.15, 0.2) is 11.5 Å². The fourth-order valence-electron chi connectivity index (χ4n) is 4.91. The Morgan fingerprint density at radius 1 is 0.846 bits per heavy atom. The van der Waals surface area contributed by atoms with Gasteiger partial charge in [-0.1, -0.05) is 12.2 Å². The fourth-order valence-corrected chi connectivity index (χ4v) is 4.91. The third-order valence-corrected chi connectivity index (χ3v) is 6.87. The van der Waals surface area contributed by atoms with E-state index in [1.807, 2.05) is 0 Å². The van der Waals surface area contributed by atoms with E-state index in [4.69, 9.17) is 28.4 Å². The molecule has 0 saturated carbocycles. The molecule has 0 spiro atoms. The highest BCUT2D eigenvalue weighted by Crippen LogP contribution is 2.53. The third-order valence-electron chi connectivity index (χ3n) is 6.87. The van der Waals surface area contributed by atoms with Gasteiger partial charge in [0.2, 0.25) is 12.0 Å². The molecule has 0 radical (unpaired) electrons. The first-order valence-corrected chi connectivity index (χ1v) is 12.3. The van der Waals surface area contributed by atoms with Crippen molar-refractivity contribution in [2.45, 2.75) is 42.7 Å². The van der Waals surface area contributed by atoms with Gasteiger partial charge >= 0.3 is 0 Å². The first-order chi connectivity index (χ1) is 18.8. The monoisotopic (exact) mass is 550 g/mol.